The van der Waals surface area contributed by atoms with Crippen molar-refractivity contribution in [2.24, 2.45) is 5.92 Å². The molecule has 0 bridgehead atoms. The Morgan fingerprint density at radius 1 is 1.07 bits per heavy atom. The maximum absolute atomic E-state index is 15.6. The van der Waals surface area contributed by atoms with Gasteiger partial charge in [0.2, 0.25) is 17.7 Å². The highest BCUT2D eigenvalue weighted by molar-refractivity contribution is 6.10. The third-order valence-corrected chi connectivity index (χ3v) is 9.58. The molecule has 46 heavy (non-hydrogen) atoms. The molecule has 10 nitrogen and oxygen atoms in total. The lowest BCUT2D eigenvalue weighted by Crippen LogP contribution is -2.63. The third-order valence-electron chi connectivity index (χ3n) is 9.58. The van der Waals surface area contributed by atoms with Crippen LogP contribution in [0.1, 0.15) is 17.7 Å². The number of likely N-dealkylation sites (N-methyl/N-ethyl adjacent to an activating group) is 1. The van der Waals surface area contributed by atoms with Crippen molar-refractivity contribution in [2.75, 3.05) is 80.7 Å². The highest BCUT2D eigenvalue weighted by Crippen LogP contribution is 2.41. The fourth-order valence-corrected chi connectivity index (χ4v) is 7.28. The number of fused-ring (bicyclic) bond motifs is 3. The predicted molar refractivity (Wildman–Crippen MR) is 164 cm³/mol. The van der Waals surface area contributed by atoms with Gasteiger partial charge in [0, 0.05) is 90.0 Å². The summed E-state index contributed by atoms with van der Waals surface area (Å²) in [6.07, 6.45) is -3.43. The maximum atomic E-state index is 15.6. The lowest BCUT2D eigenvalue weighted by atomic mass is 9.95. The number of hydrogen-bond donors (Lipinski definition) is 0. The summed E-state index contributed by atoms with van der Waals surface area (Å²) in [6.45, 7) is 10.5. The van der Waals surface area contributed by atoms with E-state index in [2.05, 4.69) is 21.4 Å². The van der Waals surface area contributed by atoms with Crippen molar-refractivity contribution in [2.45, 2.75) is 31.6 Å². The van der Waals surface area contributed by atoms with Gasteiger partial charge in [-0.3, -0.25) is 29.1 Å². The Labute approximate surface area is 264 Å². The maximum Gasteiger partial charge on any atom is 0.416 e. The van der Waals surface area contributed by atoms with E-state index >= 15 is 4.39 Å². The molecule has 4 aliphatic heterocycles. The number of carbonyl (C=O) groups excluding carboxylic acids is 3. The average Bonchev–Trinajstić information content (AvgIpc) is 3.35. The van der Waals surface area contributed by atoms with Gasteiger partial charge in [-0.15, -0.1) is 0 Å². The summed E-state index contributed by atoms with van der Waals surface area (Å²) < 4.78 is 56.7. The summed E-state index contributed by atoms with van der Waals surface area (Å²) in [5.74, 6) is -2.49. The predicted octanol–water partition coefficient (Wildman–Crippen LogP) is 2.77. The van der Waals surface area contributed by atoms with Gasteiger partial charge in [-0.05, 0) is 37.3 Å². The molecule has 3 saturated heterocycles. The van der Waals surface area contributed by atoms with Crippen molar-refractivity contribution in [3.63, 3.8) is 0 Å². The van der Waals surface area contributed by atoms with Crippen molar-refractivity contribution >= 4 is 34.9 Å². The zero-order valence-electron chi connectivity index (χ0n) is 25.8. The van der Waals surface area contributed by atoms with E-state index in [0.29, 0.717) is 31.9 Å². The van der Waals surface area contributed by atoms with Crippen molar-refractivity contribution in [1.29, 1.82) is 0 Å². The molecule has 4 aliphatic rings. The van der Waals surface area contributed by atoms with Crippen LogP contribution in [0.25, 0.3) is 0 Å². The molecule has 0 spiro atoms. The quantitative estimate of drug-likeness (QED) is 0.366. The fourth-order valence-electron chi connectivity index (χ4n) is 7.28. The number of piperazine rings is 2. The van der Waals surface area contributed by atoms with Crippen LogP contribution in [0.15, 0.2) is 43.0 Å². The molecule has 6 rings (SSSR count). The summed E-state index contributed by atoms with van der Waals surface area (Å²) in [6, 6.07) is 5.20. The molecule has 0 saturated carbocycles. The average molecular weight is 644 g/mol. The summed E-state index contributed by atoms with van der Waals surface area (Å²) in [7, 11) is 1.49. The van der Waals surface area contributed by atoms with Gasteiger partial charge in [0.15, 0.2) is 0 Å². The number of hydrogen-bond acceptors (Lipinski definition) is 7. The second-order valence-electron chi connectivity index (χ2n) is 12.5. The van der Waals surface area contributed by atoms with Crippen molar-refractivity contribution < 1.29 is 31.9 Å². The van der Waals surface area contributed by atoms with E-state index in [1.54, 1.807) is 11.0 Å². The minimum absolute atomic E-state index is 0.0665. The van der Waals surface area contributed by atoms with Crippen molar-refractivity contribution in [1.82, 2.24) is 19.7 Å². The molecule has 14 heteroatoms. The number of aryl methyl sites for hydroxylation is 1. The molecule has 3 fully saturated rings. The highest BCUT2D eigenvalue weighted by Gasteiger charge is 2.49. The molecular weight excluding hydrogens is 606 g/mol. The normalized spacial score (nSPS) is 24.3. The van der Waals surface area contributed by atoms with Crippen LogP contribution in [0.4, 0.5) is 34.8 Å². The van der Waals surface area contributed by atoms with Gasteiger partial charge in [0.1, 0.15) is 17.7 Å². The van der Waals surface area contributed by atoms with Crippen LogP contribution >= 0.6 is 0 Å². The number of pyridine rings is 1. The molecule has 3 atom stereocenters. The van der Waals surface area contributed by atoms with Crippen LogP contribution in [0, 0.1) is 18.7 Å². The minimum Gasteiger partial charge on any atom is -0.366 e. The molecule has 1 aromatic heterocycles. The highest BCUT2D eigenvalue weighted by atomic mass is 19.4. The van der Waals surface area contributed by atoms with Gasteiger partial charge in [-0.1, -0.05) is 12.6 Å². The van der Waals surface area contributed by atoms with Gasteiger partial charge in [-0.25, -0.2) is 9.37 Å². The summed E-state index contributed by atoms with van der Waals surface area (Å²) >= 11 is 0. The number of aromatic nitrogens is 1. The van der Waals surface area contributed by atoms with E-state index in [9.17, 15) is 27.6 Å². The number of alkyl halides is 3. The molecule has 1 aromatic carbocycles. The lowest BCUT2D eigenvalue weighted by molar-refractivity contribution is -0.137. The van der Waals surface area contributed by atoms with Crippen molar-refractivity contribution in [3.05, 3.63) is 60.1 Å². The van der Waals surface area contributed by atoms with E-state index in [1.165, 1.54) is 37.1 Å². The zero-order chi connectivity index (χ0) is 32.9. The van der Waals surface area contributed by atoms with Gasteiger partial charge in [-0.2, -0.15) is 13.2 Å². The fraction of sp³-hybridized carbons (Fsp3) is 0.500. The molecule has 3 amide bonds. The monoisotopic (exact) mass is 643 g/mol. The summed E-state index contributed by atoms with van der Waals surface area (Å²) in [4.78, 5) is 54.6. The molecule has 0 aliphatic carbocycles. The lowest BCUT2D eigenvalue weighted by Gasteiger charge is -2.47. The van der Waals surface area contributed by atoms with Gasteiger partial charge >= 0.3 is 6.18 Å². The number of amides is 3. The first-order chi connectivity index (χ1) is 21.8. The van der Waals surface area contributed by atoms with E-state index in [4.69, 9.17) is 0 Å². The molecule has 0 radical (unpaired) electrons. The van der Waals surface area contributed by atoms with Crippen LogP contribution in [0.3, 0.4) is 0 Å². The minimum atomic E-state index is -4.66. The third kappa shape index (κ3) is 5.95. The van der Waals surface area contributed by atoms with Crippen LogP contribution in [-0.4, -0.2) is 115 Å². The first-order valence-electron chi connectivity index (χ1n) is 15.4. The molecule has 0 N–H and O–H groups in total. The number of halogens is 4. The first-order valence-corrected chi connectivity index (χ1v) is 15.4. The Morgan fingerprint density at radius 3 is 2.57 bits per heavy atom. The Morgan fingerprint density at radius 2 is 1.83 bits per heavy atom. The van der Waals surface area contributed by atoms with Crippen LogP contribution in [-0.2, 0) is 20.6 Å². The SMILES string of the molecule is C=CC(=O)N1CCN2CCN(CCN3C[C@H]4CC(=O)N(c5cc(C(F)(F)F)cc(C)n5)[C@@H]4C(=O)N(C)c4cccc(F)c43)C[C@H]2C1. The Bertz CT molecular complexity index is 1550. The molecule has 5 heterocycles. The Balaban J connectivity index is 1.28. The number of carbonyl (C=O) groups is 3. The van der Waals surface area contributed by atoms with Crippen LogP contribution < -0.4 is 14.7 Å². The zero-order valence-corrected chi connectivity index (χ0v) is 25.8. The number of benzene rings is 1. The van der Waals surface area contributed by atoms with Gasteiger partial charge in [0.05, 0.1) is 16.9 Å². The summed E-state index contributed by atoms with van der Waals surface area (Å²) in [5, 5.41) is 0. The molecular formula is C32H37F4N7O3. The van der Waals surface area contributed by atoms with Gasteiger partial charge in [0.25, 0.3) is 0 Å². The number of para-hydroxylation sites is 1. The van der Waals surface area contributed by atoms with Crippen LogP contribution in [0.2, 0.25) is 0 Å². The van der Waals surface area contributed by atoms with E-state index in [0.717, 1.165) is 43.2 Å². The topological polar surface area (TPSA) is 83.5 Å². The Hall–Kier alpha value is -4.04. The second kappa shape index (κ2) is 12.3. The largest absolute Gasteiger partial charge is 0.416 e. The van der Waals surface area contributed by atoms with E-state index in [1.807, 2.05) is 4.90 Å². The first kappa shape index (κ1) is 31.9. The summed E-state index contributed by atoms with van der Waals surface area (Å²) in [5.41, 5.74) is -0.333. The number of anilines is 3. The van der Waals surface area contributed by atoms with Crippen LogP contribution in [0.5, 0.6) is 0 Å². The van der Waals surface area contributed by atoms with E-state index in [-0.39, 0.29) is 42.1 Å². The smallest absolute Gasteiger partial charge is 0.366 e. The van der Waals surface area contributed by atoms with E-state index < -0.39 is 41.3 Å². The molecule has 0 unspecified atom stereocenters. The number of rotatable bonds is 5. The molecule has 2 aromatic rings. The standard InChI is InChI=1S/C32H37F4N7O3/c1-4-27(44)41-13-12-40-10-8-39(18-23(40)19-41)9-11-42-17-21-15-28(45)43(26-16-22(32(34,35)36)14-20(2)37-26)29(21)31(46)38(3)25-7-5-6-24(33)30(25)42/h4-7,14,16,21,23,29H,1,8-13,15,17-19H2,2-3H3/t21-,23+,29+/m1/s1. The Kier molecular flexibility index (Phi) is 8.53. The molecule has 246 valence electrons. The number of nitrogens with zero attached hydrogens (tertiary/aromatic N) is 7. The van der Waals surface area contributed by atoms with Gasteiger partial charge < -0.3 is 14.7 Å². The van der Waals surface area contributed by atoms with Crippen molar-refractivity contribution in [3.8, 4) is 0 Å². The second-order valence-corrected chi connectivity index (χ2v) is 12.5.